The van der Waals surface area contributed by atoms with Crippen LogP contribution in [0.5, 0.6) is 0 Å². The highest BCUT2D eigenvalue weighted by atomic mass is 16.5. The van der Waals surface area contributed by atoms with Gasteiger partial charge < -0.3 is 9.15 Å². The van der Waals surface area contributed by atoms with Crippen molar-refractivity contribution in [1.82, 2.24) is 10.2 Å². The smallest absolute Gasteiger partial charge is 0.338 e. The van der Waals surface area contributed by atoms with Crippen molar-refractivity contribution >= 4 is 5.97 Å². The van der Waals surface area contributed by atoms with E-state index in [1.165, 1.54) is 5.56 Å². The molecule has 0 spiro atoms. The lowest BCUT2D eigenvalue weighted by atomic mass is 10.1. The van der Waals surface area contributed by atoms with Crippen molar-refractivity contribution in [3.8, 4) is 11.5 Å². The molecule has 5 nitrogen and oxygen atoms in total. The number of aryl methyl sites for hydroxylation is 1. The highest BCUT2D eigenvalue weighted by molar-refractivity contribution is 5.89. The second-order valence-corrected chi connectivity index (χ2v) is 4.99. The third kappa shape index (κ3) is 3.63. The molecule has 0 aliphatic carbocycles. The summed E-state index contributed by atoms with van der Waals surface area (Å²) >= 11 is 0. The van der Waals surface area contributed by atoms with Crippen LogP contribution in [0.25, 0.3) is 11.5 Å². The Balaban J connectivity index is 1.62. The molecule has 2 aromatic carbocycles. The molecule has 3 aromatic rings. The quantitative estimate of drug-likeness (QED) is 0.673. The molecule has 0 aliphatic heterocycles. The molecule has 1 aromatic heterocycles. The summed E-state index contributed by atoms with van der Waals surface area (Å²) in [7, 11) is 0. The van der Waals surface area contributed by atoms with Gasteiger partial charge in [-0.05, 0) is 36.2 Å². The Bertz CT molecular complexity index is 780. The van der Waals surface area contributed by atoms with Gasteiger partial charge in [0.25, 0.3) is 5.89 Å². The molecular weight excluding hydrogens is 292 g/mol. The van der Waals surface area contributed by atoms with E-state index in [9.17, 15) is 4.79 Å². The zero-order valence-corrected chi connectivity index (χ0v) is 12.7. The van der Waals surface area contributed by atoms with Crippen molar-refractivity contribution in [2.45, 2.75) is 20.0 Å². The number of hydrogen-bond donors (Lipinski definition) is 0. The van der Waals surface area contributed by atoms with Crippen LogP contribution in [0.15, 0.2) is 59.0 Å². The first kappa shape index (κ1) is 15.0. The summed E-state index contributed by atoms with van der Waals surface area (Å²) in [4.78, 5) is 12.0. The largest absolute Gasteiger partial charge is 0.452 e. The molecule has 0 bridgehead atoms. The van der Waals surface area contributed by atoms with E-state index in [-0.39, 0.29) is 12.5 Å². The second-order valence-electron chi connectivity index (χ2n) is 4.99. The first-order valence-electron chi connectivity index (χ1n) is 7.40. The molecule has 3 rings (SSSR count). The molecule has 0 fully saturated rings. The van der Waals surface area contributed by atoms with E-state index >= 15 is 0 Å². The van der Waals surface area contributed by atoms with Crippen molar-refractivity contribution in [2.75, 3.05) is 0 Å². The summed E-state index contributed by atoms with van der Waals surface area (Å²) in [6, 6.07) is 16.8. The minimum atomic E-state index is -0.410. The van der Waals surface area contributed by atoms with Crippen molar-refractivity contribution in [1.29, 1.82) is 0 Å². The Morgan fingerprint density at radius 1 is 1.04 bits per heavy atom. The number of aromatic nitrogens is 2. The number of rotatable bonds is 5. The molecule has 23 heavy (non-hydrogen) atoms. The molecule has 0 unspecified atom stereocenters. The highest BCUT2D eigenvalue weighted by Crippen LogP contribution is 2.17. The van der Waals surface area contributed by atoms with Crippen LogP contribution in [0.2, 0.25) is 0 Å². The summed E-state index contributed by atoms with van der Waals surface area (Å²) in [5, 5.41) is 7.84. The molecule has 5 heteroatoms. The molecule has 116 valence electrons. The first-order chi connectivity index (χ1) is 11.3. The summed E-state index contributed by atoms with van der Waals surface area (Å²) in [5.41, 5.74) is 2.50. The lowest BCUT2D eigenvalue weighted by Crippen LogP contribution is -2.05. The molecule has 1 heterocycles. The van der Waals surface area contributed by atoms with Crippen LogP contribution in [-0.4, -0.2) is 16.2 Å². The molecule has 0 atom stereocenters. The fraction of sp³-hybridized carbons (Fsp3) is 0.167. The van der Waals surface area contributed by atoms with Gasteiger partial charge in [0.2, 0.25) is 5.89 Å². The normalized spacial score (nSPS) is 10.5. The van der Waals surface area contributed by atoms with Crippen LogP contribution in [0.4, 0.5) is 0 Å². The minimum Gasteiger partial charge on any atom is -0.452 e. The van der Waals surface area contributed by atoms with Gasteiger partial charge in [-0.1, -0.05) is 37.3 Å². The van der Waals surface area contributed by atoms with Gasteiger partial charge in [0, 0.05) is 5.56 Å². The van der Waals surface area contributed by atoms with Gasteiger partial charge in [0.15, 0.2) is 6.61 Å². The molecular formula is C18H16N2O3. The van der Waals surface area contributed by atoms with Gasteiger partial charge in [0.1, 0.15) is 0 Å². The molecule has 0 radical (unpaired) electrons. The van der Waals surface area contributed by atoms with Crippen molar-refractivity contribution in [3.05, 3.63) is 71.6 Å². The minimum absolute atomic E-state index is 0.0474. The summed E-state index contributed by atoms with van der Waals surface area (Å²) < 4.78 is 10.7. The number of nitrogens with zero attached hydrogens (tertiary/aromatic N) is 2. The van der Waals surface area contributed by atoms with Crippen LogP contribution >= 0.6 is 0 Å². The zero-order chi connectivity index (χ0) is 16.1. The van der Waals surface area contributed by atoms with Crippen LogP contribution in [-0.2, 0) is 17.8 Å². The van der Waals surface area contributed by atoms with E-state index < -0.39 is 5.97 Å². The van der Waals surface area contributed by atoms with Gasteiger partial charge in [-0.2, -0.15) is 0 Å². The average molecular weight is 308 g/mol. The molecule has 0 saturated carbocycles. The van der Waals surface area contributed by atoms with Gasteiger partial charge >= 0.3 is 5.97 Å². The zero-order valence-electron chi connectivity index (χ0n) is 12.7. The lowest BCUT2D eigenvalue weighted by molar-refractivity contribution is 0.0438. The lowest BCUT2D eigenvalue weighted by Gasteiger charge is -2.03. The fourth-order valence-corrected chi connectivity index (χ4v) is 2.10. The second kappa shape index (κ2) is 6.87. The topological polar surface area (TPSA) is 65.2 Å². The van der Waals surface area contributed by atoms with E-state index in [0.29, 0.717) is 11.5 Å². The van der Waals surface area contributed by atoms with E-state index in [1.54, 1.807) is 12.1 Å². The molecule has 0 amide bonds. The number of ether oxygens (including phenoxy) is 1. The number of hydrogen-bond acceptors (Lipinski definition) is 5. The van der Waals surface area contributed by atoms with Crippen LogP contribution < -0.4 is 0 Å². The summed E-state index contributed by atoms with van der Waals surface area (Å²) in [5.74, 6) is 0.262. The molecule has 0 saturated heterocycles. The third-order valence-corrected chi connectivity index (χ3v) is 3.41. The van der Waals surface area contributed by atoms with Gasteiger partial charge in [-0.3, -0.25) is 0 Å². The van der Waals surface area contributed by atoms with Gasteiger partial charge in [-0.25, -0.2) is 4.79 Å². The van der Waals surface area contributed by atoms with Crippen LogP contribution in [0.1, 0.15) is 28.7 Å². The Kier molecular flexibility index (Phi) is 4.47. The van der Waals surface area contributed by atoms with E-state index in [2.05, 4.69) is 17.1 Å². The van der Waals surface area contributed by atoms with Gasteiger partial charge in [0.05, 0.1) is 5.56 Å². The molecule has 0 aliphatic rings. The van der Waals surface area contributed by atoms with Crippen molar-refractivity contribution in [2.24, 2.45) is 0 Å². The van der Waals surface area contributed by atoms with Crippen LogP contribution in [0, 0.1) is 0 Å². The Morgan fingerprint density at radius 2 is 1.78 bits per heavy atom. The van der Waals surface area contributed by atoms with Gasteiger partial charge in [-0.15, -0.1) is 10.2 Å². The van der Waals surface area contributed by atoms with Crippen molar-refractivity contribution in [3.63, 3.8) is 0 Å². The van der Waals surface area contributed by atoms with E-state index in [4.69, 9.17) is 9.15 Å². The monoisotopic (exact) mass is 308 g/mol. The Labute approximate surface area is 133 Å². The number of benzene rings is 2. The van der Waals surface area contributed by atoms with E-state index in [1.807, 2.05) is 42.5 Å². The maximum atomic E-state index is 12.0. The number of carbonyl (C=O) groups is 1. The van der Waals surface area contributed by atoms with Crippen LogP contribution in [0.3, 0.4) is 0 Å². The Morgan fingerprint density at radius 3 is 2.48 bits per heavy atom. The predicted molar refractivity (Wildman–Crippen MR) is 84.7 cm³/mol. The van der Waals surface area contributed by atoms with Crippen molar-refractivity contribution < 1.29 is 13.9 Å². The molecule has 0 N–H and O–H groups in total. The maximum absolute atomic E-state index is 12.0. The summed E-state index contributed by atoms with van der Waals surface area (Å²) in [6.45, 7) is 2.02. The van der Waals surface area contributed by atoms with E-state index in [0.717, 1.165) is 12.0 Å². The SMILES string of the molecule is CCc1ccc(C(=O)OCc2nnc(-c3ccccc3)o2)cc1. The highest BCUT2D eigenvalue weighted by Gasteiger charge is 2.12. The number of carbonyl (C=O) groups excluding carboxylic acids is 1. The first-order valence-corrected chi connectivity index (χ1v) is 7.40. The summed E-state index contributed by atoms with van der Waals surface area (Å²) in [6.07, 6.45) is 0.930. The predicted octanol–water partition coefficient (Wildman–Crippen LogP) is 3.66. The standard InChI is InChI=1S/C18H16N2O3/c1-2-13-8-10-15(11-9-13)18(21)22-12-16-19-20-17(23-16)14-6-4-3-5-7-14/h3-11H,2,12H2,1H3. The third-order valence-electron chi connectivity index (χ3n) is 3.41. The average Bonchev–Trinajstić information content (AvgIpc) is 3.09. The Hall–Kier alpha value is -2.95. The number of esters is 1. The maximum Gasteiger partial charge on any atom is 0.338 e. The fourth-order valence-electron chi connectivity index (χ4n) is 2.10.